The number of hydrogen-bond acceptors (Lipinski definition) is 0. The molecule has 0 aliphatic heterocycles. The van der Waals surface area contributed by atoms with E-state index >= 15 is 0 Å². The van der Waals surface area contributed by atoms with Gasteiger partial charge in [0.1, 0.15) is 0 Å². The van der Waals surface area contributed by atoms with Gasteiger partial charge in [0.2, 0.25) is 0 Å². The van der Waals surface area contributed by atoms with Crippen molar-refractivity contribution in [2.24, 2.45) is 0 Å². The van der Waals surface area contributed by atoms with Crippen LogP contribution in [0.3, 0.4) is 0 Å². The molecule has 3 aromatic rings. The van der Waals surface area contributed by atoms with Gasteiger partial charge in [0.15, 0.2) is 0 Å². The third kappa shape index (κ3) is 4.09. The molecule has 174 valence electrons. The Hall–Kier alpha value is -2.86. The van der Waals surface area contributed by atoms with E-state index in [4.69, 9.17) is 0 Å². The van der Waals surface area contributed by atoms with Gasteiger partial charge in [-0.15, -0.1) is 0 Å². The average molecular weight is 447 g/mol. The first-order chi connectivity index (χ1) is 16.3. The molecule has 0 spiro atoms. The number of rotatable bonds is 6. The maximum Gasteiger partial charge on any atom is 0.00552 e. The van der Waals surface area contributed by atoms with E-state index < -0.39 is 0 Å². The van der Waals surface area contributed by atoms with Crippen molar-refractivity contribution in [2.75, 3.05) is 0 Å². The van der Waals surface area contributed by atoms with Crippen LogP contribution in [0, 0.1) is 0 Å². The lowest BCUT2D eigenvalue weighted by atomic mass is 9.84. The molecule has 0 saturated carbocycles. The summed E-state index contributed by atoms with van der Waals surface area (Å²) in [7, 11) is 0. The Morgan fingerprint density at radius 3 is 1.91 bits per heavy atom. The molecule has 34 heavy (non-hydrogen) atoms. The van der Waals surface area contributed by atoms with Gasteiger partial charge >= 0.3 is 0 Å². The van der Waals surface area contributed by atoms with Gasteiger partial charge in [0.05, 0.1) is 0 Å². The molecule has 0 aromatic heterocycles. The highest BCUT2D eigenvalue weighted by Gasteiger charge is 2.28. The molecule has 2 atom stereocenters. The topological polar surface area (TPSA) is 0 Å². The summed E-state index contributed by atoms with van der Waals surface area (Å²) in [5, 5.41) is 0. The van der Waals surface area contributed by atoms with E-state index in [9.17, 15) is 0 Å². The largest absolute Gasteiger partial charge is 0.0652 e. The predicted octanol–water partition coefficient (Wildman–Crippen LogP) is 10.1. The van der Waals surface area contributed by atoms with Crippen molar-refractivity contribution < 1.29 is 0 Å². The number of benzene rings is 3. The van der Waals surface area contributed by atoms with Gasteiger partial charge < -0.3 is 0 Å². The zero-order chi connectivity index (χ0) is 24.0. The molecule has 2 aliphatic carbocycles. The Kier molecular flexibility index (Phi) is 6.11. The molecule has 2 unspecified atom stereocenters. The fourth-order valence-electron chi connectivity index (χ4n) is 6.02. The van der Waals surface area contributed by atoms with Crippen LogP contribution in [0.4, 0.5) is 0 Å². The Balaban J connectivity index is 1.46. The van der Waals surface area contributed by atoms with Crippen LogP contribution in [-0.2, 0) is 0 Å². The van der Waals surface area contributed by atoms with Crippen molar-refractivity contribution in [3.63, 3.8) is 0 Å². The van der Waals surface area contributed by atoms with E-state index in [-0.39, 0.29) is 0 Å². The second kappa shape index (κ2) is 9.06. The molecule has 0 amide bonds. The normalized spacial score (nSPS) is 18.8. The Morgan fingerprint density at radius 1 is 0.647 bits per heavy atom. The van der Waals surface area contributed by atoms with E-state index in [2.05, 4.69) is 114 Å². The summed E-state index contributed by atoms with van der Waals surface area (Å²) in [6, 6.07) is 23.2. The highest BCUT2D eigenvalue weighted by molar-refractivity contribution is 5.82. The van der Waals surface area contributed by atoms with Crippen LogP contribution in [0.25, 0.3) is 23.3 Å². The van der Waals surface area contributed by atoms with Crippen molar-refractivity contribution in [1.82, 2.24) is 0 Å². The molecule has 0 N–H and O–H groups in total. The first kappa shape index (κ1) is 22.9. The van der Waals surface area contributed by atoms with Gasteiger partial charge in [-0.25, -0.2) is 0 Å². The van der Waals surface area contributed by atoms with Gasteiger partial charge in [-0.3, -0.25) is 0 Å². The number of fused-ring (bicyclic) bond motifs is 2. The molecular formula is C34H38. The SMILES string of the molecule is CC1=Cc2ccccc2C1CCC1C(C)=Cc2c(-c3cc(C(C)C)cc(C(C)C)c3)cccc21. The molecule has 0 saturated heterocycles. The monoisotopic (exact) mass is 446 g/mol. The van der Waals surface area contributed by atoms with Crippen LogP contribution in [0.2, 0.25) is 0 Å². The first-order valence-corrected chi connectivity index (χ1v) is 13.1. The Morgan fingerprint density at radius 2 is 1.24 bits per heavy atom. The van der Waals surface area contributed by atoms with Crippen LogP contribution >= 0.6 is 0 Å². The summed E-state index contributed by atoms with van der Waals surface area (Å²) in [4.78, 5) is 0. The summed E-state index contributed by atoms with van der Waals surface area (Å²) in [5.41, 5.74) is 14.6. The fourth-order valence-corrected chi connectivity index (χ4v) is 6.02. The molecule has 0 nitrogen and oxygen atoms in total. The lowest BCUT2D eigenvalue weighted by molar-refractivity contribution is 0.611. The van der Waals surface area contributed by atoms with Crippen LogP contribution in [0.1, 0.15) is 111 Å². The maximum atomic E-state index is 2.47. The Bertz CT molecular complexity index is 1250. The van der Waals surface area contributed by atoms with Crippen molar-refractivity contribution in [3.05, 3.63) is 105 Å². The maximum absolute atomic E-state index is 2.47. The first-order valence-electron chi connectivity index (χ1n) is 13.1. The van der Waals surface area contributed by atoms with Gasteiger partial charge in [-0.1, -0.05) is 112 Å². The summed E-state index contributed by atoms with van der Waals surface area (Å²) >= 11 is 0. The van der Waals surface area contributed by atoms with E-state index in [1.807, 2.05) is 0 Å². The van der Waals surface area contributed by atoms with E-state index in [0.29, 0.717) is 23.7 Å². The van der Waals surface area contributed by atoms with Gasteiger partial charge in [0.25, 0.3) is 0 Å². The van der Waals surface area contributed by atoms with E-state index in [0.717, 1.165) is 0 Å². The van der Waals surface area contributed by atoms with Crippen LogP contribution in [-0.4, -0.2) is 0 Å². The summed E-state index contributed by atoms with van der Waals surface area (Å²) in [5.74, 6) is 2.15. The van der Waals surface area contributed by atoms with Crippen molar-refractivity contribution in [3.8, 4) is 11.1 Å². The second-order valence-electron chi connectivity index (χ2n) is 11.1. The minimum atomic E-state index is 0.522. The number of allylic oxidation sites excluding steroid dienone is 2. The summed E-state index contributed by atoms with van der Waals surface area (Å²) in [6.07, 6.45) is 7.26. The van der Waals surface area contributed by atoms with Crippen molar-refractivity contribution in [1.29, 1.82) is 0 Å². The molecule has 0 fully saturated rings. The molecule has 0 heteroatoms. The van der Waals surface area contributed by atoms with Crippen molar-refractivity contribution >= 4 is 12.2 Å². The minimum Gasteiger partial charge on any atom is -0.0652 e. The molecule has 0 bridgehead atoms. The van der Waals surface area contributed by atoms with Crippen LogP contribution in [0.5, 0.6) is 0 Å². The van der Waals surface area contributed by atoms with Gasteiger partial charge in [-0.05, 0) is 83.0 Å². The predicted molar refractivity (Wildman–Crippen MR) is 149 cm³/mol. The third-order valence-electron chi connectivity index (χ3n) is 8.11. The van der Waals surface area contributed by atoms with Gasteiger partial charge in [-0.2, -0.15) is 0 Å². The lowest BCUT2D eigenvalue weighted by Crippen LogP contribution is -2.03. The smallest absolute Gasteiger partial charge is 0.00552 e. The molecular weight excluding hydrogens is 408 g/mol. The second-order valence-corrected chi connectivity index (χ2v) is 11.1. The summed E-state index contributed by atoms with van der Waals surface area (Å²) < 4.78 is 0. The zero-order valence-corrected chi connectivity index (χ0v) is 21.7. The minimum absolute atomic E-state index is 0.522. The van der Waals surface area contributed by atoms with Crippen LogP contribution < -0.4 is 0 Å². The standard InChI is InChI=1S/C34H38/c1-21(2)26-18-27(22(3)4)20-28(19-26)32-12-9-13-33-30(24(6)17-34(32)33)15-14-29-23(5)16-25-10-7-8-11-31(25)29/h7-13,16-22,29-30H,14-15H2,1-6H3. The van der Waals surface area contributed by atoms with E-state index in [1.165, 1.54) is 68.5 Å². The van der Waals surface area contributed by atoms with Crippen LogP contribution in [0.15, 0.2) is 71.8 Å². The molecule has 3 aromatic carbocycles. The van der Waals surface area contributed by atoms with E-state index in [1.54, 1.807) is 0 Å². The van der Waals surface area contributed by atoms with Crippen molar-refractivity contribution in [2.45, 2.75) is 78.1 Å². The fraction of sp³-hybridized carbons (Fsp3) is 0.353. The molecule has 0 heterocycles. The molecule has 2 aliphatic rings. The number of hydrogen-bond donors (Lipinski definition) is 0. The third-order valence-corrected chi connectivity index (χ3v) is 8.11. The quantitative estimate of drug-likeness (QED) is 0.353. The Labute approximate surface area is 206 Å². The molecule has 0 radical (unpaired) electrons. The molecule has 5 rings (SSSR count). The summed E-state index contributed by atoms with van der Waals surface area (Å²) in [6.45, 7) is 13.9. The lowest BCUT2D eigenvalue weighted by Gasteiger charge is -2.20. The average Bonchev–Trinajstić information content (AvgIpc) is 3.31. The zero-order valence-electron chi connectivity index (χ0n) is 21.7. The highest BCUT2D eigenvalue weighted by atomic mass is 14.3. The highest BCUT2D eigenvalue weighted by Crippen LogP contribution is 2.47. The van der Waals surface area contributed by atoms with Gasteiger partial charge in [0, 0.05) is 11.8 Å².